The molecule has 27 heavy (non-hydrogen) atoms. The van der Waals surface area contributed by atoms with E-state index in [4.69, 9.17) is 36.0 Å². The minimum Gasteiger partial charge on any atom is -0.382 e. The van der Waals surface area contributed by atoms with Crippen LogP contribution in [0.25, 0.3) is 0 Å². The normalized spacial score (nSPS) is 13.3. The van der Waals surface area contributed by atoms with Crippen molar-refractivity contribution in [1.82, 2.24) is 0 Å². The third kappa shape index (κ3) is 9.39. The maximum absolute atomic E-state index is 15.4. The molecule has 0 amide bonds. The molecule has 164 valence electrons. The minimum absolute atomic E-state index is 0.176. The van der Waals surface area contributed by atoms with Crippen LogP contribution in [0.4, 0.5) is 4.39 Å². The molecule has 0 saturated carbocycles. The largest absolute Gasteiger partial charge is 0.500 e. The van der Waals surface area contributed by atoms with E-state index < -0.39 is 23.5 Å². The van der Waals surface area contributed by atoms with Gasteiger partial charge in [0.2, 0.25) is 5.85 Å². The monoisotopic (exact) mass is 432 g/mol. The number of halogens is 1. The molecule has 0 aliphatic heterocycles. The van der Waals surface area contributed by atoms with E-state index in [2.05, 4.69) is 0 Å². The lowest BCUT2D eigenvalue weighted by Gasteiger charge is -2.30. The van der Waals surface area contributed by atoms with Crippen LogP contribution in [0.3, 0.4) is 0 Å². The quantitative estimate of drug-likeness (QED) is 0.242. The van der Waals surface area contributed by atoms with Crippen molar-refractivity contribution < 1.29 is 40.4 Å². The highest BCUT2D eigenvalue weighted by Crippen LogP contribution is 2.31. The first kappa shape index (κ1) is 27.0. The molecular weight excluding hydrogens is 395 g/mol. The van der Waals surface area contributed by atoms with E-state index in [9.17, 15) is 0 Å². The van der Waals surface area contributed by atoms with Crippen LogP contribution in [0.15, 0.2) is 0 Å². The molecule has 0 fully saturated rings. The zero-order valence-electron chi connectivity index (χ0n) is 17.8. The predicted molar refractivity (Wildman–Crippen MR) is 103 cm³/mol. The molecule has 8 nitrogen and oxygen atoms in total. The molecule has 0 bridgehead atoms. The van der Waals surface area contributed by atoms with Gasteiger partial charge in [-0.2, -0.15) is 0 Å². The fourth-order valence-electron chi connectivity index (χ4n) is 2.83. The molecule has 0 rings (SSSR count). The number of alkyl halides is 1. The summed E-state index contributed by atoms with van der Waals surface area (Å²) in [5, 5.41) is 0. The Bertz CT molecular complexity index is 328. The van der Waals surface area contributed by atoms with Crippen LogP contribution in [0, 0.1) is 0 Å². The van der Waals surface area contributed by atoms with Gasteiger partial charge in [-0.3, -0.25) is 0 Å². The topological polar surface area (TPSA) is 73.8 Å². The van der Waals surface area contributed by atoms with Gasteiger partial charge in [-0.25, -0.2) is 4.39 Å². The number of hydrogen-bond acceptors (Lipinski definition) is 8. The van der Waals surface area contributed by atoms with Gasteiger partial charge in [0.05, 0.1) is 13.2 Å². The van der Waals surface area contributed by atoms with Gasteiger partial charge in [0.25, 0.3) is 0 Å². The van der Waals surface area contributed by atoms with Crippen LogP contribution in [-0.2, 0) is 36.0 Å². The Kier molecular flexibility index (Phi) is 14.1. The van der Waals surface area contributed by atoms with Gasteiger partial charge in [0.1, 0.15) is 0 Å². The van der Waals surface area contributed by atoms with Crippen molar-refractivity contribution in [2.75, 3.05) is 63.0 Å². The number of hydrogen-bond donors (Lipinski definition) is 0. The second kappa shape index (κ2) is 14.1. The summed E-state index contributed by atoms with van der Waals surface area (Å²) in [5.41, 5.74) is 0. The molecule has 0 N–H and O–H groups in total. The van der Waals surface area contributed by atoms with Crippen molar-refractivity contribution in [1.29, 1.82) is 0 Å². The molecular formula is C16H37FO8Si2. The molecule has 0 heterocycles. The first-order chi connectivity index (χ1) is 12.8. The van der Waals surface area contributed by atoms with E-state index in [1.165, 1.54) is 0 Å². The van der Waals surface area contributed by atoms with Crippen LogP contribution in [-0.4, -0.2) is 86.4 Å². The third-order valence-electron chi connectivity index (χ3n) is 4.58. The molecule has 0 atom stereocenters. The SMILES string of the molecule is COCCOC(F)(CCC[Si](OC)(OC)OC)CCC[Si](OC)(OC)OC. The van der Waals surface area contributed by atoms with Crippen LogP contribution in [0.2, 0.25) is 12.1 Å². The zero-order chi connectivity index (χ0) is 20.8. The first-order valence-corrected chi connectivity index (χ1v) is 12.8. The fraction of sp³-hybridized carbons (Fsp3) is 1.00. The number of methoxy groups -OCH3 is 1. The van der Waals surface area contributed by atoms with Gasteiger partial charge in [0.15, 0.2) is 0 Å². The maximum atomic E-state index is 15.4. The van der Waals surface area contributed by atoms with Crippen LogP contribution in [0.5, 0.6) is 0 Å². The van der Waals surface area contributed by atoms with Crippen molar-refractivity contribution >= 4 is 17.6 Å². The van der Waals surface area contributed by atoms with Crippen molar-refractivity contribution in [2.24, 2.45) is 0 Å². The molecule has 0 unspecified atom stereocenters. The lowest BCUT2D eigenvalue weighted by Crippen LogP contribution is -2.43. The fourth-order valence-corrected chi connectivity index (χ4v) is 6.27. The molecule has 0 aromatic rings. The Morgan fingerprint density at radius 3 is 1.30 bits per heavy atom. The van der Waals surface area contributed by atoms with E-state index in [0.29, 0.717) is 31.5 Å². The molecule has 0 radical (unpaired) electrons. The molecule has 0 aromatic carbocycles. The summed E-state index contributed by atoms with van der Waals surface area (Å²) >= 11 is 0. The minimum atomic E-state index is -2.73. The van der Waals surface area contributed by atoms with Crippen LogP contribution in [0.1, 0.15) is 25.7 Å². The molecule has 0 saturated heterocycles. The Morgan fingerprint density at radius 1 is 0.630 bits per heavy atom. The summed E-state index contributed by atoms with van der Waals surface area (Å²) in [5.74, 6) is -1.79. The first-order valence-electron chi connectivity index (χ1n) is 8.97. The third-order valence-corrected chi connectivity index (χ3v) is 10.2. The lowest BCUT2D eigenvalue weighted by atomic mass is 10.1. The van der Waals surface area contributed by atoms with Crippen LogP contribution >= 0.6 is 0 Å². The lowest BCUT2D eigenvalue weighted by molar-refractivity contribution is -0.163. The highest BCUT2D eigenvalue weighted by Gasteiger charge is 2.41. The predicted octanol–water partition coefficient (Wildman–Crippen LogP) is 2.63. The summed E-state index contributed by atoms with van der Waals surface area (Å²) in [7, 11) is 5.34. The van der Waals surface area contributed by atoms with E-state index in [1.54, 1.807) is 49.8 Å². The highest BCUT2D eigenvalue weighted by molar-refractivity contribution is 6.60. The Hall–Kier alpha value is 0.0438. The zero-order valence-corrected chi connectivity index (χ0v) is 19.8. The average Bonchev–Trinajstić information content (AvgIpc) is 2.70. The van der Waals surface area contributed by atoms with E-state index >= 15 is 4.39 Å². The van der Waals surface area contributed by atoms with Gasteiger partial charge in [-0.05, 0) is 12.8 Å². The van der Waals surface area contributed by atoms with E-state index in [-0.39, 0.29) is 19.4 Å². The summed E-state index contributed by atoms with van der Waals surface area (Å²) in [4.78, 5) is 0. The highest BCUT2D eigenvalue weighted by atomic mass is 28.4. The second-order valence-corrected chi connectivity index (χ2v) is 12.2. The second-order valence-electron chi connectivity index (χ2n) is 6.02. The molecule has 0 aliphatic carbocycles. The van der Waals surface area contributed by atoms with Crippen molar-refractivity contribution in [3.05, 3.63) is 0 Å². The van der Waals surface area contributed by atoms with Crippen molar-refractivity contribution in [3.8, 4) is 0 Å². The summed E-state index contributed by atoms with van der Waals surface area (Å²) in [6, 6.07) is 1.01. The number of rotatable bonds is 18. The Morgan fingerprint density at radius 2 is 1.00 bits per heavy atom. The summed E-state index contributed by atoms with van der Waals surface area (Å²) < 4.78 is 58.2. The summed E-state index contributed by atoms with van der Waals surface area (Å²) in [6.07, 6.45) is 1.41. The molecule has 0 spiro atoms. The number of ether oxygens (including phenoxy) is 2. The standard InChI is InChI=1S/C16H37FO8Si2/c1-18-12-13-25-16(17,10-8-14-26(19-2,20-3)21-4)11-9-15-27(22-5,23-6)24-7/h8-15H2,1-7H3. The summed E-state index contributed by atoms with van der Waals surface area (Å²) in [6.45, 7) is 0.501. The average molecular weight is 433 g/mol. The van der Waals surface area contributed by atoms with Gasteiger partial charge < -0.3 is 36.0 Å². The Labute approximate surface area is 165 Å². The molecule has 0 aromatic heterocycles. The molecule has 11 heteroatoms. The van der Waals surface area contributed by atoms with Crippen LogP contribution < -0.4 is 0 Å². The van der Waals surface area contributed by atoms with E-state index in [0.717, 1.165) is 0 Å². The van der Waals surface area contributed by atoms with Gasteiger partial charge in [-0.15, -0.1) is 0 Å². The van der Waals surface area contributed by atoms with Crippen molar-refractivity contribution in [2.45, 2.75) is 43.6 Å². The molecule has 0 aliphatic rings. The smallest absolute Gasteiger partial charge is 0.382 e. The van der Waals surface area contributed by atoms with Crippen molar-refractivity contribution in [3.63, 3.8) is 0 Å². The maximum Gasteiger partial charge on any atom is 0.500 e. The van der Waals surface area contributed by atoms with Gasteiger partial charge in [0, 0.05) is 74.7 Å². The van der Waals surface area contributed by atoms with Gasteiger partial charge >= 0.3 is 17.6 Å². The van der Waals surface area contributed by atoms with E-state index in [1.807, 2.05) is 0 Å². The Balaban J connectivity index is 4.79. The van der Waals surface area contributed by atoms with Gasteiger partial charge in [-0.1, -0.05) is 0 Å².